The van der Waals surface area contributed by atoms with Crippen molar-refractivity contribution in [3.05, 3.63) is 41.5 Å². The van der Waals surface area contributed by atoms with Gasteiger partial charge in [0.15, 0.2) is 0 Å². The number of hydrogen-bond donors (Lipinski definition) is 1. The highest BCUT2D eigenvalue weighted by molar-refractivity contribution is 5.53. The summed E-state index contributed by atoms with van der Waals surface area (Å²) in [6, 6.07) is 10.1. The van der Waals surface area contributed by atoms with E-state index in [0.717, 1.165) is 11.1 Å². The van der Waals surface area contributed by atoms with Crippen molar-refractivity contribution in [1.82, 2.24) is 0 Å². The van der Waals surface area contributed by atoms with Crippen LogP contribution in [0, 0.1) is 0 Å². The normalized spacial score (nSPS) is 13.0. The van der Waals surface area contributed by atoms with Gasteiger partial charge in [-0.3, -0.25) is 4.84 Å². The highest BCUT2D eigenvalue weighted by atomic mass is 16.6. The van der Waals surface area contributed by atoms with E-state index in [1.807, 2.05) is 39.0 Å². The number of hydrogen-bond acceptors (Lipinski definition) is 2. The van der Waals surface area contributed by atoms with E-state index >= 15 is 0 Å². The number of nitrogens with two attached hydrogens (primary N) is 1. The minimum absolute atomic E-state index is 0.407. The largest absolute Gasteiger partial charge is 0.294 e. The summed E-state index contributed by atoms with van der Waals surface area (Å²) in [7, 11) is 0. The van der Waals surface area contributed by atoms with Crippen LogP contribution in [0.15, 0.2) is 35.9 Å². The molecular formula is C12H17NO. The maximum Gasteiger partial charge on any atom is 0.105 e. The van der Waals surface area contributed by atoms with Gasteiger partial charge in [0.05, 0.1) is 0 Å². The molecule has 0 amide bonds. The molecule has 14 heavy (non-hydrogen) atoms. The van der Waals surface area contributed by atoms with Crippen LogP contribution in [0.4, 0.5) is 0 Å². The summed E-state index contributed by atoms with van der Waals surface area (Å²) in [5.74, 6) is 5.22. The van der Waals surface area contributed by atoms with Gasteiger partial charge >= 0.3 is 0 Å². The van der Waals surface area contributed by atoms with Crippen LogP contribution < -0.4 is 5.90 Å². The summed E-state index contributed by atoms with van der Waals surface area (Å²) in [4.78, 5) is 4.90. The Bertz CT molecular complexity index is 314. The quantitative estimate of drug-likeness (QED) is 0.745. The summed E-state index contributed by atoms with van der Waals surface area (Å²) in [5.41, 5.74) is 1.86. The average molecular weight is 191 g/mol. The molecule has 0 aliphatic carbocycles. The molecule has 1 rings (SSSR count). The standard InChI is InChI=1S/C12H17NO/c1-10(12(2,3)14-13)9-11-7-5-4-6-8-11/h4-9H,13H2,1-3H3/b10-9+. The van der Waals surface area contributed by atoms with Crippen molar-refractivity contribution in [3.63, 3.8) is 0 Å². The third kappa shape index (κ3) is 2.69. The fourth-order valence-corrected chi connectivity index (χ4v) is 1.07. The zero-order chi connectivity index (χ0) is 10.6. The molecule has 0 heterocycles. The summed E-state index contributed by atoms with van der Waals surface area (Å²) in [5, 5.41) is 0. The average Bonchev–Trinajstić information content (AvgIpc) is 2.19. The summed E-state index contributed by atoms with van der Waals surface area (Å²) in [6.07, 6.45) is 2.08. The Labute approximate surface area is 85.3 Å². The Morgan fingerprint density at radius 2 is 1.86 bits per heavy atom. The summed E-state index contributed by atoms with van der Waals surface area (Å²) in [6.45, 7) is 5.91. The van der Waals surface area contributed by atoms with Gasteiger partial charge in [0.1, 0.15) is 5.60 Å². The van der Waals surface area contributed by atoms with Gasteiger partial charge in [-0.25, -0.2) is 5.90 Å². The van der Waals surface area contributed by atoms with Crippen molar-refractivity contribution in [1.29, 1.82) is 0 Å². The second kappa shape index (κ2) is 4.40. The van der Waals surface area contributed by atoms with E-state index in [0.29, 0.717) is 0 Å². The smallest absolute Gasteiger partial charge is 0.105 e. The topological polar surface area (TPSA) is 35.2 Å². The van der Waals surface area contributed by atoms with E-state index in [1.165, 1.54) is 0 Å². The first-order chi connectivity index (χ1) is 6.56. The molecule has 0 aliphatic rings. The van der Waals surface area contributed by atoms with Crippen molar-refractivity contribution in [3.8, 4) is 0 Å². The van der Waals surface area contributed by atoms with Gasteiger partial charge < -0.3 is 0 Å². The highest BCUT2D eigenvalue weighted by Crippen LogP contribution is 2.20. The fourth-order valence-electron chi connectivity index (χ4n) is 1.07. The molecule has 0 atom stereocenters. The van der Waals surface area contributed by atoms with E-state index in [-0.39, 0.29) is 0 Å². The van der Waals surface area contributed by atoms with Crippen LogP contribution in [0.3, 0.4) is 0 Å². The van der Waals surface area contributed by atoms with Crippen LogP contribution in [0.5, 0.6) is 0 Å². The molecular weight excluding hydrogens is 174 g/mol. The predicted octanol–water partition coefficient (Wildman–Crippen LogP) is 2.76. The van der Waals surface area contributed by atoms with E-state index in [9.17, 15) is 0 Å². The molecule has 2 heteroatoms. The van der Waals surface area contributed by atoms with Gasteiger partial charge in [-0.2, -0.15) is 0 Å². The van der Waals surface area contributed by atoms with Crippen LogP contribution in [0.1, 0.15) is 26.3 Å². The van der Waals surface area contributed by atoms with E-state index < -0.39 is 5.60 Å². The fraction of sp³-hybridized carbons (Fsp3) is 0.333. The maximum absolute atomic E-state index is 5.22. The minimum Gasteiger partial charge on any atom is -0.294 e. The Morgan fingerprint density at radius 1 is 1.29 bits per heavy atom. The van der Waals surface area contributed by atoms with Crippen molar-refractivity contribution in [2.24, 2.45) is 5.90 Å². The molecule has 0 fully saturated rings. The summed E-state index contributed by atoms with van der Waals surface area (Å²) >= 11 is 0. The monoisotopic (exact) mass is 191 g/mol. The van der Waals surface area contributed by atoms with Crippen LogP contribution in [0.2, 0.25) is 0 Å². The SMILES string of the molecule is C/C(=C\c1ccccc1)C(C)(C)ON. The highest BCUT2D eigenvalue weighted by Gasteiger charge is 2.19. The van der Waals surface area contributed by atoms with E-state index in [1.54, 1.807) is 0 Å². The van der Waals surface area contributed by atoms with E-state index in [4.69, 9.17) is 10.7 Å². The van der Waals surface area contributed by atoms with Crippen molar-refractivity contribution < 1.29 is 4.84 Å². The van der Waals surface area contributed by atoms with Crippen LogP contribution in [0.25, 0.3) is 6.08 Å². The zero-order valence-electron chi connectivity index (χ0n) is 8.95. The molecule has 0 aromatic heterocycles. The van der Waals surface area contributed by atoms with Crippen molar-refractivity contribution >= 4 is 6.08 Å². The molecule has 2 N–H and O–H groups in total. The minimum atomic E-state index is -0.407. The van der Waals surface area contributed by atoms with Crippen LogP contribution in [-0.4, -0.2) is 5.60 Å². The van der Waals surface area contributed by atoms with Gasteiger partial charge in [-0.1, -0.05) is 36.4 Å². The second-order valence-electron chi connectivity index (χ2n) is 3.87. The van der Waals surface area contributed by atoms with Crippen molar-refractivity contribution in [2.75, 3.05) is 0 Å². The maximum atomic E-state index is 5.22. The molecule has 1 aromatic rings. The van der Waals surface area contributed by atoms with Gasteiger partial charge in [0.25, 0.3) is 0 Å². The first kappa shape index (κ1) is 11.0. The molecule has 1 aromatic carbocycles. The molecule has 2 nitrogen and oxygen atoms in total. The predicted molar refractivity (Wildman–Crippen MR) is 59.4 cm³/mol. The van der Waals surface area contributed by atoms with Gasteiger partial charge in [0, 0.05) is 0 Å². The zero-order valence-corrected chi connectivity index (χ0v) is 8.95. The lowest BCUT2D eigenvalue weighted by Gasteiger charge is -2.22. The molecule has 0 saturated heterocycles. The second-order valence-corrected chi connectivity index (χ2v) is 3.87. The molecule has 0 bridgehead atoms. The third-order valence-corrected chi connectivity index (χ3v) is 2.43. The Kier molecular flexibility index (Phi) is 3.44. The first-order valence-electron chi connectivity index (χ1n) is 4.68. The number of benzene rings is 1. The lowest BCUT2D eigenvalue weighted by Crippen LogP contribution is -2.29. The molecule has 0 unspecified atom stereocenters. The van der Waals surface area contributed by atoms with Gasteiger partial charge in [0.2, 0.25) is 0 Å². The third-order valence-electron chi connectivity index (χ3n) is 2.43. The molecule has 0 saturated carbocycles. The molecule has 0 aliphatic heterocycles. The summed E-state index contributed by atoms with van der Waals surface area (Å²) < 4.78 is 0. The van der Waals surface area contributed by atoms with Gasteiger partial charge in [-0.15, -0.1) is 0 Å². The Morgan fingerprint density at radius 3 is 2.36 bits per heavy atom. The van der Waals surface area contributed by atoms with Crippen LogP contribution >= 0.6 is 0 Å². The number of rotatable bonds is 3. The van der Waals surface area contributed by atoms with E-state index in [2.05, 4.69) is 18.2 Å². The lowest BCUT2D eigenvalue weighted by atomic mass is 9.97. The molecule has 0 spiro atoms. The molecule has 0 radical (unpaired) electrons. The lowest BCUT2D eigenvalue weighted by molar-refractivity contribution is 0.0104. The van der Waals surface area contributed by atoms with Gasteiger partial charge in [-0.05, 0) is 31.9 Å². The van der Waals surface area contributed by atoms with Crippen LogP contribution in [-0.2, 0) is 4.84 Å². The first-order valence-corrected chi connectivity index (χ1v) is 4.68. The Balaban J connectivity index is 2.89. The molecule has 76 valence electrons. The Hall–Kier alpha value is -1.12. The van der Waals surface area contributed by atoms with Crippen molar-refractivity contribution in [2.45, 2.75) is 26.4 Å².